The molecule has 0 spiro atoms. The van der Waals surface area contributed by atoms with Crippen molar-refractivity contribution < 1.29 is 13.2 Å². The minimum atomic E-state index is -3.06. The lowest BCUT2D eigenvalue weighted by molar-refractivity contribution is -0.135. The highest BCUT2D eigenvalue weighted by molar-refractivity contribution is 7.92. The zero-order valence-electron chi connectivity index (χ0n) is 11.6. The summed E-state index contributed by atoms with van der Waals surface area (Å²) in [5.41, 5.74) is 5.94. The summed E-state index contributed by atoms with van der Waals surface area (Å²) in [7, 11) is -3.06. The van der Waals surface area contributed by atoms with Crippen LogP contribution < -0.4 is 5.73 Å². The number of rotatable bonds is 3. The maximum Gasteiger partial charge on any atom is 0.240 e. The van der Waals surface area contributed by atoms with Gasteiger partial charge >= 0.3 is 0 Å². The van der Waals surface area contributed by atoms with E-state index in [4.69, 9.17) is 5.73 Å². The molecular formula is C12H24N2O3S. The number of nitrogens with zero attached hydrogens (tertiary/aromatic N) is 1. The van der Waals surface area contributed by atoms with Crippen molar-refractivity contribution in [3.63, 3.8) is 0 Å². The van der Waals surface area contributed by atoms with Crippen LogP contribution in [0.4, 0.5) is 0 Å². The monoisotopic (exact) mass is 276 g/mol. The third-order valence-corrected chi connectivity index (χ3v) is 6.46. The third-order valence-electron chi connectivity index (χ3n) is 4.18. The maximum absolute atomic E-state index is 12.3. The van der Waals surface area contributed by atoms with Gasteiger partial charge in [-0.3, -0.25) is 4.79 Å². The Balaban J connectivity index is 2.83. The van der Waals surface area contributed by atoms with Crippen LogP contribution in [0, 0.1) is 5.92 Å². The van der Waals surface area contributed by atoms with E-state index in [1.807, 2.05) is 13.8 Å². The molecule has 5 nitrogen and oxygen atoms in total. The lowest BCUT2D eigenvalue weighted by Crippen LogP contribution is -2.58. The van der Waals surface area contributed by atoms with Gasteiger partial charge < -0.3 is 10.6 Å². The second kappa shape index (κ2) is 5.57. The first kappa shape index (κ1) is 15.4. The van der Waals surface area contributed by atoms with Gasteiger partial charge in [0.25, 0.3) is 0 Å². The second-order valence-electron chi connectivity index (χ2n) is 5.26. The van der Waals surface area contributed by atoms with Gasteiger partial charge in [-0.15, -0.1) is 0 Å². The summed E-state index contributed by atoms with van der Waals surface area (Å²) in [6.07, 6.45) is 0.836. The van der Waals surface area contributed by atoms with Crippen LogP contribution >= 0.6 is 0 Å². The molecule has 1 aliphatic rings. The summed E-state index contributed by atoms with van der Waals surface area (Å²) in [6.45, 7) is 7.63. The SMILES string of the molecule is CCC(C)C(N)C(=O)N1CCS(=O)(=O)C(C)C1C. The molecule has 1 saturated heterocycles. The topological polar surface area (TPSA) is 80.5 Å². The van der Waals surface area contributed by atoms with Crippen LogP contribution in [0.3, 0.4) is 0 Å². The fourth-order valence-electron chi connectivity index (χ4n) is 2.17. The van der Waals surface area contributed by atoms with Crippen molar-refractivity contribution >= 4 is 15.7 Å². The molecule has 1 amide bonds. The molecule has 6 heteroatoms. The predicted molar refractivity (Wildman–Crippen MR) is 71.9 cm³/mol. The molecule has 0 aliphatic carbocycles. The molecule has 1 rings (SSSR count). The molecule has 2 N–H and O–H groups in total. The van der Waals surface area contributed by atoms with Crippen LogP contribution in [-0.4, -0.2) is 48.9 Å². The Labute approximate surface area is 110 Å². The van der Waals surface area contributed by atoms with Gasteiger partial charge in [0.15, 0.2) is 9.84 Å². The molecule has 0 saturated carbocycles. The van der Waals surface area contributed by atoms with E-state index in [0.717, 1.165) is 6.42 Å². The number of carbonyl (C=O) groups is 1. The zero-order chi connectivity index (χ0) is 14.1. The summed E-state index contributed by atoms with van der Waals surface area (Å²) in [5.74, 6) is 0.0226. The molecule has 0 radical (unpaired) electrons. The molecular weight excluding hydrogens is 252 g/mol. The minimum absolute atomic E-state index is 0.0392. The fourth-order valence-corrected chi connectivity index (χ4v) is 3.74. The average molecular weight is 276 g/mol. The largest absolute Gasteiger partial charge is 0.336 e. The smallest absolute Gasteiger partial charge is 0.240 e. The molecule has 0 aromatic carbocycles. The van der Waals surface area contributed by atoms with Gasteiger partial charge in [-0.05, 0) is 19.8 Å². The minimum Gasteiger partial charge on any atom is -0.336 e. The van der Waals surface area contributed by atoms with Crippen LogP contribution in [0.2, 0.25) is 0 Å². The summed E-state index contributed by atoms with van der Waals surface area (Å²) in [4.78, 5) is 13.9. The molecule has 106 valence electrons. The van der Waals surface area contributed by atoms with Crippen LogP contribution in [0.1, 0.15) is 34.1 Å². The lowest BCUT2D eigenvalue weighted by atomic mass is 9.98. The standard InChI is InChI=1S/C12H24N2O3S/c1-5-8(2)11(13)12(15)14-6-7-18(16,17)10(4)9(14)3/h8-11H,5-7,13H2,1-4H3. The Morgan fingerprint density at radius 3 is 2.50 bits per heavy atom. The van der Waals surface area contributed by atoms with Crippen molar-refractivity contribution in [2.45, 2.75) is 51.4 Å². The zero-order valence-corrected chi connectivity index (χ0v) is 12.4. The Hall–Kier alpha value is -0.620. The van der Waals surface area contributed by atoms with Crippen molar-refractivity contribution in [3.8, 4) is 0 Å². The molecule has 4 atom stereocenters. The number of hydrogen-bond acceptors (Lipinski definition) is 4. The Kier molecular flexibility index (Phi) is 4.78. The van der Waals surface area contributed by atoms with Crippen LogP contribution in [0.15, 0.2) is 0 Å². The van der Waals surface area contributed by atoms with Crippen molar-refractivity contribution in [2.24, 2.45) is 11.7 Å². The number of carbonyl (C=O) groups excluding carboxylic acids is 1. The van der Waals surface area contributed by atoms with Gasteiger partial charge in [0.2, 0.25) is 5.91 Å². The molecule has 4 unspecified atom stereocenters. The van der Waals surface area contributed by atoms with E-state index >= 15 is 0 Å². The Morgan fingerprint density at radius 2 is 2.00 bits per heavy atom. The molecule has 18 heavy (non-hydrogen) atoms. The normalized spacial score (nSPS) is 30.8. The Bertz CT molecular complexity index is 408. The average Bonchev–Trinajstić information content (AvgIpc) is 2.33. The van der Waals surface area contributed by atoms with E-state index in [2.05, 4.69) is 0 Å². The number of nitrogens with two attached hydrogens (primary N) is 1. The summed E-state index contributed by atoms with van der Waals surface area (Å²) in [6, 6.07) is -0.836. The van der Waals surface area contributed by atoms with E-state index in [1.165, 1.54) is 0 Å². The van der Waals surface area contributed by atoms with E-state index < -0.39 is 21.1 Å². The van der Waals surface area contributed by atoms with Gasteiger partial charge in [0.05, 0.1) is 17.0 Å². The molecule has 0 bridgehead atoms. The highest BCUT2D eigenvalue weighted by atomic mass is 32.2. The first-order valence-corrected chi connectivity index (χ1v) is 8.21. The van der Waals surface area contributed by atoms with Crippen molar-refractivity contribution in [2.75, 3.05) is 12.3 Å². The number of amides is 1. The van der Waals surface area contributed by atoms with Gasteiger partial charge in [0, 0.05) is 12.6 Å². The van der Waals surface area contributed by atoms with Crippen LogP contribution in [-0.2, 0) is 14.6 Å². The van der Waals surface area contributed by atoms with Crippen molar-refractivity contribution in [1.82, 2.24) is 4.90 Å². The lowest BCUT2D eigenvalue weighted by Gasteiger charge is -2.39. The van der Waals surface area contributed by atoms with E-state index in [-0.39, 0.29) is 30.2 Å². The molecule has 0 aromatic rings. The van der Waals surface area contributed by atoms with Gasteiger partial charge in [0.1, 0.15) is 0 Å². The summed E-state index contributed by atoms with van der Waals surface area (Å²) >= 11 is 0. The highest BCUT2D eigenvalue weighted by Gasteiger charge is 2.39. The number of hydrogen-bond donors (Lipinski definition) is 1. The van der Waals surface area contributed by atoms with Crippen molar-refractivity contribution in [3.05, 3.63) is 0 Å². The van der Waals surface area contributed by atoms with Gasteiger partial charge in [-0.25, -0.2) is 8.42 Å². The second-order valence-corrected chi connectivity index (χ2v) is 7.73. The first-order chi connectivity index (χ1) is 8.22. The first-order valence-electron chi connectivity index (χ1n) is 6.50. The predicted octanol–water partition coefficient (Wildman–Crippen LogP) is 0.394. The molecule has 0 aromatic heterocycles. The van der Waals surface area contributed by atoms with E-state index in [0.29, 0.717) is 0 Å². The number of sulfone groups is 1. The third kappa shape index (κ3) is 2.85. The maximum atomic E-state index is 12.3. The van der Waals surface area contributed by atoms with E-state index in [1.54, 1.807) is 18.7 Å². The fraction of sp³-hybridized carbons (Fsp3) is 0.917. The highest BCUT2D eigenvalue weighted by Crippen LogP contribution is 2.21. The molecule has 1 fully saturated rings. The van der Waals surface area contributed by atoms with E-state index in [9.17, 15) is 13.2 Å². The summed E-state index contributed by atoms with van der Waals surface area (Å²) < 4.78 is 23.5. The van der Waals surface area contributed by atoms with Crippen molar-refractivity contribution in [1.29, 1.82) is 0 Å². The summed E-state index contributed by atoms with van der Waals surface area (Å²) in [5, 5.41) is -0.515. The van der Waals surface area contributed by atoms with Gasteiger partial charge in [-0.2, -0.15) is 0 Å². The Morgan fingerprint density at radius 1 is 1.44 bits per heavy atom. The molecule has 1 aliphatic heterocycles. The molecule has 1 heterocycles. The quantitative estimate of drug-likeness (QED) is 0.809. The van der Waals surface area contributed by atoms with Crippen LogP contribution in [0.5, 0.6) is 0 Å². The van der Waals surface area contributed by atoms with Crippen LogP contribution in [0.25, 0.3) is 0 Å². The van der Waals surface area contributed by atoms with Gasteiger partial charge in [-0.1, -0.05) is 20.3 Å².